The van der Waals surface area contributed by atoms with Crippen LogP contribution in [0.2, 0.25) is 0 Å². The van der Waals surface area contributed by atoms with Crippen LogP contribution in [0.3, 0.4) is 0 Å². The van der Waals surface area contributed by atoms with E-state index in [1.807, 2.05) is 24.3 Å². The van der Waals surface area contributed by atoms with Crippen molar-refractivity contribution < 1.29 is 19.1 Å². The van der Waals surface area contributed by atoms with E-state index in [1.165, 1.54) is 0 Å². The molecule has 4 amide bonds. The molecular weight excluding hydrogens is 310 g/mol. The van der Waals surface area contributed by atoms with Crippen molar-refractivity contribution in [2.45, 2.75) is 25.8 Å². The second-order valence-electron chi connectivity index (χ2n) is 5.95. The predicted octanol–water partition coefficient (Wildman–Crippen LogP) is 1.60. The summed E-state index contributed by atoms with van der Waals surface area (Å²) >= 11 is 0. The summed E-state index contributed by atoms with van der Waals surface area (Å²) in [6.45, 7) is 2.83. The molecule has 7 heteroatoms. The standard InChI is InChI=1S/C17H21N3O4/c1-3-19-15(21)16(22)20(17(19)23)11-18-10-4-5-14(18)12-6-8-13(24-2)9-7-12/h6-9,14H,3-5,10-11H2,1-2H3/t14-/m1/s1. The van der Waals surface area contributed by atoms with Gasteiger partial charge in [-0.2, -0.15) is 0 Å². The average molecular weight is 331 g/mol. The summed E-state index contributed by atoms with van der Waals surface area (Å²) in [7, 11) is 1.62. The summed E-state index contributed by atoms with van der Waals surface area (Å²) in [6.07, 6.45) is 1.94. The zero-order valence-corrected chi connectivity index (χ0v) is 13.9. The Bertz CT molecular complexity index is 658. The molecule has 2 saturated heterocycles. The molecule has 3 rings (SSSR count). The minimum atomic E-state index is -0.734. The number of amides is 4. The summed E-state index contributed by atoms with van der Waals surface area (Å²) in [4.78, 5) is 40.3. The Morgan fingerprint density at radius 1 is 1.08 bits per heavy atom. The maximum Gasteiger partial charge on any atom is 0.335 e. The van der Waals surface area contributed by atoms with E-state index in [2.05, 4.69) is 4.90 Å². The van der Waals surface area contributed by atoms with Crippen molar-refractivity contribution in [3.63, 3.8) is 0 Å². The second-order valence-corrected chi connectivity index (χ2v) is 5.95. The highest BCUT2D eigenvalue weighted by molar-refractivity contribution is 6.44. The summed E-state index contributed by atoms with van der Waals surface area (Å²) in [6, 6.07) is 7.41. The molecule has 0 saturated carbocycles. The van der Waals surface area contributed by atoms with Gasteiger partial charge >= 0.3 is 17.8 Å². The molecule has 2 aliphatic heterocycles. The highest BCUT2D eigenvalue weighted by Gasteiger charge is 2.45. The van der Waals surface area contributed by atoms with E-state index in [0.29, 0.717) is 0 Å². The van der Waals surface area contributed by atoms with Crippen LogP contribution in [0.5, 0.6) is 5.75 Å². The Labute approximate surface area is 140 Å². The number of nitrogens with zero attached hydrogens (tertiary/aromatic N) is 3. The van der Waals surface area contributed by atoms with Crippen LogP contribution in [0.15, 0.2) is 24.3 Å². The molecule has 1 atom stereocenters. The van der Waals surface area contributed by atoms with Crippen LogP contribution in [0.25, 0.3) is 0 Å². The van der Waals surface area contributed by atoms with Gasteiger partial charge < -0.3 is 4.74 Å². The fourth-order valence-corrected chi connectivity index (χ4v) is 3.33. The minimum Gasteiger partial charge on any atom is -0.497 e. The molecule has 0 unspecified atom stereocenters. The quantitative estimate of drug-likeness (QED) is 0.605. The number of likely N-dealkylation sites (tertiary alicyclic amines) is 1. The lowest BCUT2D eigenvalue weighted by Gasteiger charge is -2.28. The Morgan fingerprint density at radius 3 is 2.33 bits per heavy atom. The smallest absolute Gasteiger partial charge is 0.335 e. The van der Waals surface area contributed by atoms with Crippen LogP contribution < -0.4 is 4.74 Å². The highest BCUT2D eigenvalue weighted by Crippen LogP contribution is 2.33. The lowest BCUT2D eigenvalue weighted by atomic mass is 10.0. The molecule has 7 nitrogen and oxygen atoms in total. The number of carbonyl (C=O) groups excluding carboxylic acids is 3. The number of urea groups is 1. The maximum absolute atomic E-state index is 12.2. The first-order valence-electron chi connectivity index (χ1n) is 8.12. The number of benzene rings is 1. The summed E-state index contributed by atoms with van der Waals surface area (Å²) in [5, 5.41) is 0. The number of methoxy groups -OCH3 is 1. The van der Waals surface area contributed by atoms with Gasteiger partial charge in [0.1, 0.15) is 5.75 Å². The first-order chi connectivity index (χ1) is 11.6. The van der Waals surface area contributed by atoms with Gasteiger partial charge in [-0.1, -0.05) is 12.1 Å². The summed E-state index contributed by atoms with van der Waals surface area (Å²) in [5.74, 6) is -0.678. The average Bonchev–Trinajstić information content (AvgIpc) is 3.14. The Kier molecular flexibility index (Phi) is 4.53. The van der Waals surface area contributed by atoms with Crippen LogP contribution in [0.4, 0.5) is 4.79 Å². The van der Waals surface area contributed by atoms with Gasteiger partial charge in [-0.05, 0) is 37.5 Å². The predicted molar refractivity (Wildman–Crippen MR) is 86.2 cm³/mol. The molecule has 128 valence electrons. The fraction of sp³-hybridized carbons (Fsp3) is 0.471. The summed E-state index contributed by atoms with van der Waals surface area (Å²) in [5.41, 5.74) is 1.12. The van der Waals surface area contributed by atoms with E-state index >= 15 is 0 Å². The zero-order chi connectivity index (χ0) is 17.3. The van der Waals surface area contributed by atoms with Crippen LogP contribution in [-0.4, -0.2) is 59.4 Å². The molecule has 2 aliphatic rings. The molecule has 0 bridgehead atoms. The molecule has 0 aromatic heterocycles. The van der Waals surface area contributed by atoms with Crippen molar-refractivity contribution in [1.82, 2.24) is 14.7 Å². The van der Waals surface area contributed by atoms with E-state index in [4.69, 9.17) is 4.74 Å². The number of hydrogen-bond donors (Lipinski definition) is 0. The van der Waals surface area contributed by atoms with E-state index in [0.717, 1.165) is 40.5 Å². The SMILES string of the molecule is CCN1C(=O)C(=O)N(CN2CCC[C@@H]2c2ccc(OC)cc2)C1=O. The minimum absolute atomic E-state index is 0.127. The van der Waals surface area contributed by atoms with Gasteiger partial charge in [-0.15, -0.1) is 0 Å². The van der Waals surface area contributed by atoms with E-state index in [-0.39, 0.29) is 19.3 Å². The lowest BCUT2D eigenvalue weighted by molar-refractivity contribution is -0.143. The van der Waals surface area contributed by atoms with E-state index in [9.17, 15) is 14.4 Å². The van der Waals surface area contributed by atoms with Gasteiger partial charge in [-0.3, -0.25) is 19.4 Å². The number of hydrogen-bond acceptors (Lipinski definition) is 5. The topological polar surface area (TPSA) is 70.2 Å². The molecule has 0 spiro atoms. The van der Waals surface area contributed by atoms with Gasteiger partial charge in [0.05, 0.1) is 13.8 Å². The van der Waals surface area contributed by atoms with Crippen molar-refractivity contribution in [2.24, 2.45) is 0 Å². The number of ether oxygens (including phenoxy) is 1. The van der Waals surface area contributed by atoms with E-state index in [1.54, 1.807) is 14.0 Å². The highest BCUT2D eigenvalue weighted by atomic mass is 16.5. The first kappa shape index (κ1) is 16.4. The third-order valence-electron chi connectivity index (χ3n) is 4.64. The van der Waals surface area contributed by atoms with Crippen molar-refractivity contribution in [2.75, 3.05) is 26.9 Å². The first-order valence-corrected chi connectivity index (χ1v) is 8.12. The van der Waals surface area contributed by atoms with Crippen molar-refractivity contribution in [3.8, 4) is 5.75 Å². The van der Waals surface area contributed by atoms with Gasteiger partial charge in [0.25, 0.3) is 0 Å². The molecule has 0 aliphatic carbocycles. The Hall–Kier alpha value is -2.41. The third-order valence-corrected chi connectivity index (χ3v) is 4.64. The number of rotatable bonds is 5. The number of carbonyl (C=O) groups is 3. The lowest BCUT2D eigenvalue weighted by Crippen LogP contribution is -2.42. The van der Waals surface area contributed by atoms with Gasteiger partial charge in [-0.25, -0.2) is 9.69 Å². The molecule has 0 radical (unpaired) electrons. The Morgan fingerprint density at radius 2 is 1.75 bits per heavy atom. The van der Waals surface area contributed by atoms with Crippen molar-refractivity contribution >= 4 is 17.8 Å². The third kappa shape index (κ3) is 2.75. The fourth-order valence-electron chi connectivity index (χ4n) is 3.33. The molecule has 24 heavy (non-hydrogen) atoms. The van der Waals surface area contributed by atoms with Gasteiger partial charge in [0.15, 0.2) is 0 Å². The molecule has 2 fully saturated rings. The van der Waals surface area contributed by atoms with Crippen LogP contribution in [-0.2, 0) is 9.59 Å². The normalized spacial score (nSPS) is 21.9. The molecule has 0 N–H and O–H groups in total. The Balaban J connectivity index is 1.75. The maximum atomic E-state index is 12.2. The van der Waals surface area contributed by atoms with Gasteiger partial charge in [0, 0.05) is 19.1 Å². The molecular formula is C17H21N3O4. The molecule has 2 heterocycles. The zero-order valence-electron chi connectivity index (χ0n) is 13.9. The van der Waals surface area contributed by atoms with E-state index < -0.39 is 17.8 Å². The van der Waals surface area contributed by atoms with Crippen molar-refractivity contribution in [1.29, 1.82) is 0 Å². The van der Waals surface area contributed by atoms with Gasteiger partial charge in [0.2, 0.25) is 0 Å². The monoisotopic (exact) mass is 331 g/mol. The molecule has 1 aromatic rings. The second kappa shape index (κ2) is 6.60. The van der Waals surface area contributed by atoms with Crippen LogP contribution >= 0.6 is 0 Å². The largest absolute Gasteiger partial charge is 0.497 e. The van der Waals surface area contributed by atoms with Crippen LogP contribution in [0.1, 0.15) is 31.4 Å². The number of imide groups is 2. The molecule has 1 aromatic carbocycles. The summed E-state index contributed by atoms with van der Waals surface area (Å²) < 4.78 is 5.18. The van der Waals surface area contributed by atoms with Crippen molar-refractivity contribution in [3.05, 3.63) is 29.8 Å². The number of likely N-dealkylation sites (N-methyl/N-ethyl adjacent to an activating group) is 1. The van der Waals surface area contributed by atoms with Crippen LogP contribution in [0, 0.1) is 0 Å².